The summed E-state index contributed by atoms with van der Waals surface area (Å²) in [5, 5.41) is 0.866. The van der Waals surface area contributed by atoms with Gasteiger partial charge in [-0.1, -0.05) is 29.3 Å². The second kappa shape index (κ2) is 7.03. The largest absolute Gasteiger partial charge is 0.373 e. The molecule has 0 saturated carbocycles. The average molecular weight is 367 g/mol. The van der Waals surface area contributed by atoms with Crippen molar-refractivity contribution in [3.63, 3.8) is 0 Å². The summed E-state index contributed by atoms with van der Waals surface area (Å²) in [7, 11) is -1.98. The van der Waals surface area contributed by atoms with Crippen LogP contribution in [0.4, 0.5) is 0 Å². The van der Waals surface area contributed by atoms with Gasteiger partial charge in [0.25, 0.3) is 10.2 Å². The van der Waals surface area contributed by atoms with Crippen LogP contribution in [-0.4, -0.2) is 49.4 Å². The standard InChI is InChI=1S/C14H20Cl2N2O3S/c1-10-7-18(8-11(2)21-10)22(19,20)17(3)9-12-4-5-13(15)14(16)6-12/h4-6,10-11H,7-9H2,1-3H3. The lowest BCUT2D eigenvalue weighted by Crippen LogP contribution is -2.52. The van der Waals surface area contributed by atoms with E-state index >= 15 is 0 Å². The SMILES string of the molecule is CC1CN(S(=O)(=O)N(C)Cc2ccc(Cl)c(Cl)c2)CC(C)O1. The summed E-state index contributed by atoms with van der Waals surface area (Å²) in [6.07, 6.45) is -0.228. The molecule has 0 amide bonds. The van der Waals surface area contributed by atoms with E-state index in [9.17, 15) is 8.42 Å². The van der Waals surface area contributed by atoms with E-state index in [1.54, 1.807) is 25.2 Å². The molecule has 1 aliphatic heterocycles. The minimum atomic E-state index is -3.54. The molecule has 0 aliphatic carbocycles. The fraction of sp³-hybridized carbons (Fsp3) is 0.571. The highest BCUT2D eigenvalue weighted by Gasteiger charge is 2.33. The molecule has 1 fully saturated rings. The van der Waals surface area contributed by atoms with Gasteiger partial charge in [0.15, 0.2) is 0 Å². The molecule has 0 spiro atoms. The number of benzene rings is 1. The molecule has 124 valence electrons. The van der Waals surface area contributed by atoms with E-state index < -0.39 is 10.2 Å². The summed E-state index contributed by atoms with van der Waals surface area (Å²) < 4.78 is 33.7. The summed E-state index contributed by atoms with van der Waals surface area (Å²) in [4.78, 5) is 0. The molecule has 2 atom stereocenters. The first-order chi connectivity index (χ1) is 10.2. The molecule has 1 aliphatic rings. The second-order valence-electron chi connectivity index (χ2n) is 5.59. The molecule has 22 heavy (non-hydrogen) atoms. The van der Waals surface area contributed by atoms with Crippen LogP contribution in [0, 0.1) is 0 Å². The summed E-state index contributed by atoms with van der Waals surface area (Å²) in [6.45, 7) is 4.70. The summed E-state index contributed by atoms with van der Waals surface area (Å²) >= 11 is 11.8. The Morgan fingerprint density at radius 1 is 1.23 bits per heavy atom. The summed E-state index contributed by atoms with van der Waals surface area (Å²) in [5.74, 6) is 0. The van der Waals surface area contributed by atoms with E-state index in [-0.39, 0.29) is 18.8 Å². The maximum absolute atomic E-state index is 12.7. The third-order valence-corrected chi connectivity index (χ3v) is 6.10. The Hall–Kier alpha value is -0.370. The number of hydrogen-bond donors (Lipinski definition) is 0. The molecule has 0 radical (unpaired) electrons. The van der Waals surface area contributed by atoms with Crippen molar-refractivity contribution in [3.05, 3.63) is 33.8 Å². The van der Waals surface area contributed by atoms with Gasteiger partial charge in [0.1, 0.15) is 0 Å². The van der Waals surface area contributed by atoms with E-state index in [2.05, 4.69) is 0 Å². The van der Waals surface area contributed by atoms with Crippen LogP contribution in [0.2, 0.25) is 10.0 Å². The van der Waals surface area contributed by atoms with Gasteiger partial charge in [-0.05, 0) is 31.5 Å². The maximum atomic E-state index is 12.7. The Morgan fingerprint density at radius 3 is 2.36 bits per heavy atom. The number of rotatable bonds is 4. The van der Waals surface area contributed by atoms with Crippen molar-refractivity contribution >= 4 is 33.4 Å². The summed E-state index contributed by atoms with van der Waals surface area (Å²) in [6, 6.07) is 5.11. The summed E-state index contributed by atoms with van der Waals surface area (Å²) in [5.41, 5.74) is 0.787. The zero-order valence-electron chi connectivity index (χ0n) is 12.8. The average Bonchev–Trinajstić information content (AvgIpc) is 2.41. The van der Waals surface area contributed by atoms with Crippen LogP contribution in [0.3, 0.4) is 0 Å². The predicted octanol–water partition coefficient (Wildman–Crippen LogP) is 2.78. The molecule has 2 unspecified atom stereocenters. The van der Waals surface area contributed by atoms with Crippen molar-refractivity contribution in [1.82, 2.24) is 8.61 Å². The Labute approximate surface area is 141 Å². The molecule has 8 heteroatoms. The molecule has 1 aromatic rings. The van der Waals surface area contributed by atoms with Crippen molar-refractivity contribution in [2.24, 2.45) is 0 Å². The highest BCUT2D eigenvalue weighted by Crippen LogP contribution is 2.24. The first-order valence-corrected chi connectivity index (χ1v) is 9.16. The number of halogens is 2. The minimum absolute atomic E-state index is 0.114. The first kappa shape index (κ1) is 18.0. The van der Waals surface area contributed by atoms with E-state index in [4.69, 9.17) is 27.9 Å². The molecule has 0 bridgehead atoms. The van der Waals surface area contributed by atoms with Gasteiger partial charge in [-0.2, -0.15) is 17.0 Å². The topological polar surface area (TPSA) is 49.9 Å². The van der Waals surface area contributed by atoms with Crippen molar-refractivity contribution in [1.29, 1.82) is 0 Å². The van der Waals surface area contributed by atoms with E-state index in [1.165, 1.54) is 8.61 Å². The van der Waals surface area contributed by atoms with Crippen molar-refractivity contribution < 1.29 is 13.2 Å². The third-order valence-electron chi connectivity index (χ3n) is 3.50. The number of nitrogens with zero attached hydrogens (tertiary/aromatic N) is 2. The monoisotopic (exact) mass is 366 g/mol. The lowest BCUT2D eigenvalue weighted by Gasteiger charge is -2.36. The van der Waals surface area contributed by atoms with Gasteiger partial charge in [-0.3, -0.25) is 0 Å². The van der Waals surface area contributed by atoms with Crippen molar-refractivity contribution in [2.45, 2.75) is 32.6 Å². The predicted molar refractivity (Wildman–Crippen MR) is 88.4 cm³/mol. The zero-order valence-corrected chi connectivity index (χ0v) is 15.1. The molecule has 0 aromatic heterocycles. The van der Waals surface area contributed by atoms with Gasteiger partial charge < -0.3 is 4.74 Å². The molecular weight excluding hydrogens is 347 g/mol. The number of ether oxygens (including phenoxy) is 1. The highest BCUT2D eigenvalue weighted by atomic mass is 35.5. The Morgan fingerprint density at radius 2 is 1.82 bits per heavy atom. The second-order valence-corrected chi connectivity index (χ2v) is 8.44. The Kier molecular flexibility index (Phi) is 5.74. The quantitative estimate of drug-likeness (QED) is 0.822. The lowest BCUT2D eigenvalue weighted by molar-refractivity contribution is -0.0453. The molecule has 2 rings (SSSR count). The van der Waals surface area contributed by atoms with Crippen LogP contribution in [0.1, 0.15) is 19.4 Å². The number of morpholine rings is 1. The van der Waals surface area contributed by atoms with Crippen LogP contribution >= 0.6 is 23.2 Å². The molecule has 0 N–H and O–H groups in total. The van der Waals surface area contributed by atoms with Crippen LogP contribution in [-0.2, 0) is 21.5 Å². The smallest absolute Gasteiger partial charge is 0.282 e. The van der Waals surface area contributed by atoms with Gasteiger partial charge >= 0.3 is 0 Å². The third kappa shape index (κ3) is 4.13. The lowest BCUT2D eigenvalue weighted by atomic mass is 10.2. The molecular formula is C14H20Cl2N2O3S. The highest BCUT2D eigenvalue weighted by molar-refractivity contribution is 7.86. The van der Waals surface area contributed by atoms with E-state index in [0.717, 1.165) is 5.56 Å². The van der Waals surface area contributed by atoms with Gasteiger partial charge in [0.05, 0.1) is 22.3 Å². The van der Waals surface area contributed by atoms with Crippen LogP contribution in [0.15, 0.2) is 18.2 Å². The van der Waals surface area contributed by atoms with E-state index in [1.807, 2.05) is 13.8 Å². The fourth-order valence-electron chi connectivity index (χ4n) is 2.49. The molecule has 5 nitrogen and oxygen atoms in total. The molecule has 1 saturated heterocycles. The fourth-order valence-corrected chi connectivity index (χ4v) is 4.32. The Bertz CT molecular complexity index is 629. The van der Waals surface area contributed by atoms with Crippen molar-refractivity contribution in [2.75, 3.05) is 20.1 Å². The van der Waals surface area contributed by atoms with Gasteiger partial charge in [0, 0.05) is 26.7 Å². The van der Waals surface area contributed by atoms with Crippen LogP contribution in [0.5, 0.6) is 0 Å². The zero-order chi connectivity index (χ0) is 16.5. The number of hydrogen-bond acceptors (Lipinski definition) is 3. The van der Waals surface area contributed by atoms with Crippen LogP contribution < -0.4 is 0 Å². The van der Waals surface area contributed by atoms with Gasteiger partial charge in [-0.25, -0.2) is 0 Å². The molecule has 1 heterocycles. The van der Waals surface area contributed by atoms with Crippen molar-refractivity contribution in [3.8, 4) is 0 Å². The van der Waals surface area contributed by atoms with Crippen LogP contribution in [0.25, 0.3) is 0 Å². The minimum Gasteiger partial charge on any atom is -0.373 e. The van der Waals surface area contributed by atoms with Gasteiger partial charge in [-0.15, -0.1) is 0 Å². The van der Waals surface area contributed by atoms with Gasteiger partial charge in [0.2, 0.25) is 0 Å². The van der Waals surface area contributed by atoms with E-state index in [0.29, 0.717) is 23.1 Å². The Balaban J connectivity index is 2.12. The maximum Gasteiger partial charge on any atom is 0.282 e. The molecule has 1 aromatic carbocycles. The first-order valence-electron chi connectivity index (χ1n) is 7.01. The normalized spacial score (nSPS) is 23.9.